The maximum absolute atomic E-state index is 14.3. The van der Waals surface area contributed by atoms with Crippen molar-refractivity contribution in [3.8, 4) is 0 Å². The van der Waals surface area contributed by atoms with Gasteiger partial charge in [0.15, 0.2) is 11.0 Å². The molecule has 174 valence electrons. The van der Waals surface area contributed by atoms with Crippen LogP contribution >= 0.6 is 0 Å². The van der Waals surface area contributed by atoms with E-state index in [2.05, 4.69) is 0 Å². The van der Waals surface area contributed by atoms with E-state index in [9.17, 15) is 14.4 Å². The third-order valence-electron chi connectivity index (χ3n) is 7.25. The first kappa shape index (κ1) is 21.1. The molecule has 1 spiro atoms. The second-order valence-electron chi connectivity index (χ2n) is 9.37. The zero-order chi connectivity index (χ0) is 23.6. The first-order chi connectivity index (χ1) is 16.5. The van der Waals surface area contributed by atoms with Crippen molar-refractivity contribution in [3.63, 3.8) is 0 Å². The van der Waals surface area contributed by atoms with Gasteiger partial charge in [0.25, 0.3) is 11.8 Å². The summed E-state index contributed by atoms with van der Waals surface area (Å²) >= 11 is 0. The molecular weight excluding hydrogens is 432 g/mol. The topological polar surface area (TPSA) is 80.1 Å². The van der Waals surface area contributed by atoms with E-state index in [0.717, 1.165) is 30.5 Å². The number of benzene rings is 2. The molecule has 2 aromatic carbocycles. The Morgan fingerprint density at radius 2 is 1.94 bits per heavy atom. The van der Waals surface area contributed by atoms with Gasteiger partial charge in [-0.3, -0.25) is 14.4 Å². The third kappa shape index (κ3) is 2.64. The van der Waals surface area contributed by atoms with Crippen LogP contribution < -0.4 is 10.3 Å². The monoisotopic (exact) mass is 458 g/mol. The fraction of sp³-hybridized carbons (Fsp3) is 0.370. The molecule has 34 heavy (non-hydrogen) atoms. The van der Waals surface area contributed by atoms with Crippen LogP contribution in [0.25, 0.3) is 11.0 Å². The minimum atomic E-state index is -1.55. The van der Waals surface area contributed by atoms with E-state index in [1.165, 1.54) is 0 Å². The lowest BCUT2D eigenvalue weighted by Crippen LogP contribution is -2.55. The van der Waals surface area contributed by atoms with Gasteiger partial charge >= 0.3 is 0 Å². The van der Waals surface area contributed by atoms with Gasteiger partial charge in [0.1, 0.15) is 5.58 Å². The highest BCUT2D eigenvalue weighted by atomic mass is 16.5. The maximum atomic E-state index is 14.3. The van der Waals surface area contributed by atoms with Gasteiger partial charge < -0.3 is 19.0 Å². The van der Waals surface area contributed by atoms with Crippen LogP contribution in [-0.2, 0) is 15.1 Å². The molecule has 0 unspecified atom stereocenters. The molecule has 0 bridgehead atoms. The summed E-state index contributed by atoms with van der Waals surface area (Å²) in [6, 6.07) is 12.8. The van der Waals surface area contributed by atoms with Crippen LogP contribution in [0.3, 0.4) is 0 Å². The number of rotatable bonds is 4. The Kier molecular flexibility index (Phi) is 4.68. The van der Waals surface area contributed by atoms with Crippen molar-refractivity contribution in [2.75, 3.05) is 24.6 Å². The molecular formula is C27H26N2O5. The first-order valence-electron chi connectivity index (χ1n) is 11.9. The SMILES string of the molecule is CCCN1C(=O)[C@@]2(c3ccccc31)c1c(oc3ccc(C)cc3c1=O)C(=O)N2C[C@H]1CCCO1. The second kappa shape index (κ2) is 7.53. The molecule has 0 aliphatic carbocycles. The van der Waals surface area contributed by atoms with Crippen LogP contribution in [0.4, 0.5) is 5.69 Å². The van der Waals surface area contributed by atoms with Crippen molar-refractivity contribution in [2.24, 2.45) is 0 Å². The summed E-state index contributed by atoms with van der Waals surface area (Å²) in [5, 5.41) is 0.379. The normalized spacial score (nSPS) is 23.4. The highest BCUT2D eigenvalue weighted by Crippen LogP contribution is 2.52. The average molecular weight is 459 g/mol. The number of hydrogen-bond acceptors (Lipinski definition) is 5. The minimum absolute atomic E-state index is 0.0409. The van der Waals surface area contributed by atoms with Gasteiger partial charge in [-0.1, -0.05) is 36.8 Å². The molecule has 1 saturated heterocycles. The van der Waals surface area contributed by atoms with Crippen molar-refractivity contribution < 1.29 is 18.7 Å². The standard InChI is InChI=1S/C27H26N2O5/c1-3-12-28-20-9-5-4-8-19(20)27(26(28)32)22-23(30)18-14-16(2)10-11-21(18)34-24(22)25(31)29(27)15-17-7-6-13-33-17/h4-5,8-11,14,17H,3,6-7,12-13,15H2,1-2H3/t17-,27-/m1/s1. The smallest absolute Gasteiger partial charge is 0.291 e. The fourth-order valence-electron chi connectivity index (χ4n) is 5.79. The first-order valence-corrected chi connectivity index (χ1v) is 11.9. The molecule has 0 N–H and O–H groups in total. The van der Waals surface area contributed by atoms with Gasteiger partial charge in [0, 0.05) is 25.3 Å². The zero-order valence-electron chi connectivity index (χ0n) is 19.3. The quantitative estimate of drug-likeness (QED) is 0.595. The van der Waals surface area contributed by atoms with E-state index in [1.54, 1.807) is 21.9 Å². The molecule has 4 heterocycles. The largest absolute Gasteiger partial charge is 0.450 e. The van der Waals surface area contributed by atoms with E-state index in [4.69, 9.17) is 9.15 Å². The summed E-state index contributed by atoms with van der Waals surface area (Å²) in [5.74, 6) is -0.757. The van der Waals surface area contributed by atoms with Crippen molar-refractivity contribution in [1.82, 2.24) is 4.90 Å². The Balaban J connectivity index is 1.69. The number of carbonyl (C=O) groups excluding carboxylic acids is 2. The lowest BCUT2D eigenvalue weighted by Gasteiger charge is -2.35. The van der Waals surface area contributed by atoms with Crippen molar-refractivity contribution in [1.29, 1.82) is 0 Å². The van der Waals surface area contributed by atoms with Gasteiger partial charge in [-0.15, -0.1) is 0 Å². The summed E-state index contributed by atoms with van der Waals surface area (Å²) in [4.78, 5) is 45.5. The molecule has 3 aliphatic heterocycles. The van der Waals surface area contributed by atoms with Crippen LogP contribution in [0.1, 0.15) is 53.4 Å². The lowest BCUT2D eigenvalue weighted by atomic mass is 9.83. The van der Waals surface area contributed by atoms with E-state index in [-0.39, 0.29) is 35.3 Å². The lowest BCUT2D eigenvalue weighted by molar-refractivity contribution is -0.126. The molecule has 7 heteroatoms. The molecule has 3 aliphatic rings. The number of aryl methyl sites for hydroxylation is 1. The number of fused-ring (bicyclic) bond motifs is 5. The average Bonchev–Trinajstić information content (AvgIpc) is 3.50. The van der Waals surface area contributed by atoms with Gasteiger partial charge in [0.2, 0.25) is 5.76 Å². The van der Waals surface area contributed by atoms with Crippen molar-refractivity contribution in [3.05, 3.63) is 75.1 Å². The van der Waals surface area contributed by atoms with Crippen LogP contribution in [0.5, 0.6) is 0 Å². The number of anilines is 1. The number of hydrogen-bond donors (Lipinski definition) is 0. The molecule has 1 aromatic heterocycles. The molecule has 7 nitrogen and oxygen atoms in total. The molecule has 1 fully saturated rings. The van der Waals surface area contributed by atoms with Gasteiger partial charge in [-0.2, -0.15) is 0 Å². The van der Waals surface area contributed by atoms with Gasteiger partial charge in [0.05, 0.1) is 22.7 Å². The summed E-state index contributed by atoms with van der Waals surface area (Å²) in [6.45, 7) is 5.24. The predicted molar refractivity (Wildman–Crippen MR) is 127 cm³/mol. The number of para-hydroxylation sites is 1. The van der Waals surface area contributed by atoms with Crippen LogP contribution in [0.2, 0.25) is 0 Å². The Hall–Kier alpha value is -3.45. The Bertz CT molecular complexity index is 1400. The Morgan fingerprint density at radius 3 is 2.71 bits per heavy atom. The molecule has 2 amide bonds. The van der Waals surface area contributed by atoms with Gasteiger partial charge in [-0.25, -0.2) is 0 Å². The third-order valence-corrected chi connectivity index (χ3v) is 7.25. The van der Waals surface area contributed by atoms with Crippen LogP contribution in [0, 0.1) is 6.92 Å². The van der Waals surface area contributed by atoms with Crippen molar-refractivity contribution >= 4 is 28.5 Å². The van der Waals surface area contributed by atoms with E-state index >= 15 is 0 Å². The van der Waals surface area contributed by atoms with Crippen LogP contribution in [-0.4, -0.2) is 42.5 Å². The molecule has 0 saturated carbocycles. The summed E-state index contributed by atoms with van der Waals surface area (Å²) < 4.78 is 11.9. The predicted octanol–water partition coefficient (Wildman–Crippen LogP) is 3.74. The van der Waals surface area contributed by atoms with E-state index < -0.39 is 11.4 Å². The Morgan fingerprint density at radius 1 is 1.12 bits per heavy atom. The molecule has 3 aromatic rings. The van der Waals surface area contributed by atoms with E-state index in [1.807, 2.05) is 44.2 Å². The minimum Gasteiger partial charge on any atom is -0.450 e. The second-order valence-corrected chi connectivity index (χ2v) is 9.37. The summed E-state index contributed by atoms with van der Waals surface area (Å²) in [6.07, 6.45) is 2.25. The number of nitrogens with zero attached hydrogens (tertiary/aromatic N) is 2. The van der Waals surface area contributed by atoms with Gasteiger partial charge in [-0.05, 0) is 44.4 Å². The van der Waals surface area contributed by atoms with Crippen molar-refractivity contribution in [2.45, 2.75) is 44.8 Å². The Labute approximate surface area is 196 Å². The highest BCUT2D eigenvalue weighted by Gasteiger charge is 2.65. The fourth-order valence-corrected chi connectivity index (χ4v) is 5.79. The molecule has 6 rings (SSSR count). The number of carbonyl (C=O) groups is 2. The maximum Gasteiger partial charge on any atom is 0.291 e. The summed E-state index contributed by atoms with van der Waals surface area (Å²) in [7, 11) is 0. The number of amides is 2. The number of ether oxygens (including phenoxy) is 1. The van der Waals surface area contributed by atoms with Crippen LogP contribution in [0.15, 0.2) is 51.7 Å². The zero-order valence-corrected chi connectivity index (χ0v) is 19.3. The molecule has 2 atom stereocenters. The highest BCUT2D eigenvalue weighted by molar-refractivity contribution is 6.17. The molecule has 0 radical (unpaired) electrons. The summed E-state index contributed by atoms with van der Waals surface area (Å²) in [5.41, 5.74) is 0.882. The van der Waals surface area contributed by atoms with E-state index in [0.29, 0.717) is 29.7 Å².